The zero-order valence-corrected chi connectivity index (χ0v) is 11.7. The molecule has 0 bridgehead atoms. The van der Waals surface area contributed by atoms with Gasteiger partial charge in [0.05, 0.1) is 11.6 Å². The van der Waals surface area contributed by atoms with Crippen molar-refractivity contribution in [3.8, 4) is 11.4 Å². The van der Waals surface area contributed by atoms with E-state index in [0.717, 1.165) is 19.4 Å². The summed E-state index contributed by atoms with van der Waals surface area (Å²) in [5, 5.41) is 4.01. The monoisotopic (exact) mass is 274 g/mol. The minimum atomic E-state index is 0.196. The van der Waals surface area contributed by atoms with Crippen molar-refractivity contribution in [3.05, 3.63) is 18.4 Å². The average Bonchev–Trinajstić information content (AvgIpc) is 3.07. The molecule has 106 valence electrons. The fraction of sp³-hybridized carbons (Fsp3) is 0.538. The van der Waals surface area contributed by atoms with E-state index in [0.29, 0.717) is 29.1 Å². The lowest BCUT2D eigenvalue weighted by Crippen LogP contribution is -2.30. The van der Waals surface area contributed by atoms with Gasteiger partial charge in [-0.25, -0.2) is 9.97 Å². The Kier molecular flexibility index (Phi) is 3.35. The molecule has 0 aromatic carbocycles. The van der Waals surface area contributed by atoms with Gasteiger partial charge in [0.1, 0.15) is 12.1 Å². The maximum Gasteiger partial charge on any atom is 0.244 e. The molecule has 1 atom stereocenters. The number of nitrogens with two attached hydrogens (primary N) is 1. The van der Waals surface area contributed by atoms with Gasteiger partial charge >= 0.3 is 0 Å². The molecule has 0 amide bonds. The van der Waals surface area contributed by atoms with Crippen LogP contribution in [0.2, 0.25) is 0 Å². The van der Waals surface area contributed by atoms with Gasteiger partial charge in [-0.2, -0.15) is 4.98 Å². The third-order valence-electron chi connectivity index (χ3n) is 3.67. The Morgan fingerprint density at radius 1 is 1.45 bits per heavy atom. The topological polar surface area (TPSA) is 94.0 Å². The summed E-state index contributed by atoms with van der Waals surface area (Å²) < 4.78 is 5.42. The molecule has 0 radical (unpaired) electrons. The first-order valence-corrected chi connectivity index (χ1v) is 6.82. The van der Waals surface area contributed by atoms with E-state index in [9.17, 15) is 0 Å². The maximum absolute atomic E-state index is 5.81. The molecule has 3 rings (SSSR count). The molecule has 1 saturated heterocycles. The SMILES string of the molecule is CC(C)N1CCC[C@H]1c1nc(-c2cncnc2N)no1. The maximum atomic E-state index is 5.81. The molecule has 0 spiro atoms. The van der Waals surface area contributed by atoms with E-state index in [2.05, 4.69) is 38.9 Å². The van der Waals surface area contributed by atoms with Crippen molar-refractivity contribution in [1.82, 2.24) is 25.0 Å². The quantitative estimate of drug-likeness (QED) is 0.909. The van der Waals surface area contributed by atoms with Crippen molar-refractivity contribution in [2.45, 2.75) is 38.8 Å². The molecule has 0 aliphatic carbocycles. The summed E-state index contributed by atoms with van der Waals surface area (Å²) in [6.45, 7) is 5.42. The molecular formula is C13H18N6O. The zero-order valence-electron chi connectivity index (χ0n) is 11.7. The molecule has 0 unspecified atom stereocenters. The Labute approximate surface area is 117 Å². The first-order chi connectivity index (χ1) is 9.66. The van der Waals surface area contributed by atoms with Crippen LogP contribution in [0.4, 0.5) is 5.82 Å². The third kappa shape index (κ3) is 2.24. The second-order valence-electron chi connectivity index (χ2n) is 5.27. The highest BCUT2D eigenvalue weighted by Gasteiger charge is 2.32. The second kappa shape index (κ2) is 5.16. The van der Waals surface area contributed by atoms with Gasteiger partial charge in [-0.15, -0.1) is 0 Å². The number of hydrogen-bond acceptors (Lipinski definition) is 7. The van der Waals surface area contributed by atoms with Crippen LogP contribution in [-0.2, 0) is 0 Å². The summed E-state index contributed by atoms with van der Waals surface area (Å²) in [4.78, 5) is 14.7. The number of aromatic nitrogens is 4. The van der Waals surface area contributed by atoms with Crippen molar-refractivity contribution in [2.75, 3.05) is 12.3 Å². The predicted octanol–water partition coefficient (Wildman–Crippen LogP) is 1.65. The Bertz CT molecular complexity index is 596. The van der Waals surface area contributed by atoms with Crippen LogP contribution in [0.25, 0.3) is 11.4 Å². The molecule has 7 nitrogen and oxygen atoms in total. The standard InChI is InChI=1S/C13H18N6O/c1-8(2)19-5-3-4-10(19)13-17-12(18-20-13)9-6-15-7-16-11(9)14/h6-8,10H,3-5H2,1-2H3,(H2,14,15,16)/t10-/m0/s1. The highest BCUT2D eigenvalue weighted by Crippen LogP contribution is 2.33. The van der Waals surface area contributed by atoms with E-state index in [1.54, 1.807) is 6.20 Å². The van der Waals surface area contributed by atoms with E-state index in [1.165, 1.54) is 6.33 Å². The van der Waals surface area contributed by atoms with Crippen LogP contribution in [0.15, 0.2) is 17.0 Å². The van der Waals surface area contributed by atoms with Crippen LogP contribution >= 0.6 is 0 Å². The van der Waals surface area contributed by atoms with Crippen LogP contribution in [0.1, 0.15) is 38.6 Å². The summed E-state index contributed by atoms with van der Waals surface area (Å²) in [7, 11) is 0. The number of hydrogen-bond donors (Lipinski definition) is 1. The zero-order chi connectivity index (χ0) is 14.1. The molecule has 1 aliphatic heterocycles. The molecule has 1 fully saturated rings. The normalized spacial score (nSPS) is 19.9. The van der Waals surface area contributed by atoms with E-state index in [4.69, 9.17) is 10.3 Å². The van der Waals surface area contributed by atoms with Gasteiger partial charge in [0, 0.05) is 12.2 Å². The van der Waals surface area contributed by atoms with Crippen molar-refractivity contribution in [2.24, 2.45) is 0 Å². The Hall–Kier alpha value is -2.02. The van der Waals surface area contributed by atoms with E-state index in [1.807, 2.05) is 0 Å². The van der Waals surface area contributed by atoms with Gasteiger partial charge in [-0.05, 0) is 33.2 Å². The lowest BCUT2D eigenvalue weighted by atomic mass is 10.2. The van der Waals surface area contributed by atoms with Gasteiger partial charge in [0.2, 0.25) is 11.7 Å². The van der Waals surface area contributed by atoms with Crippen molar-refractivity contribution in [1.29, 1.82) is 0 Å². The van der Waals surface area contributed by atoms with Crippen LogP contribution in [0, 0.1) is 0 Å². The molecule has 1 aliphatic rings. The summed E-state index contributed by atoms with van der Waals surface area (Å²) in [6, 6.07) is 0.657. The third-order valence-corrected chi connectivity index (χ3v) is 3.67. The summed E-state index contributed by atoms with van der Waals surface area (Å²) in [5.41, 5.74) is 6.42. The van der Waals surface area contributed by atoms with Crippen LogP contribution in [0.5, 0.6) is 0 Å². The molecule has 3 heterocycles. The fourth-order valence-electron chi connectivity index (χ4n) is 2.66. The lowest BCUT2D eigenvalue weighted by Gasteiger charge is -2.25. The largest absolute Gasteiger partial charge is 0.383 e. The highest BCUT2D eigenvalue weighted by molar-refractivity contribution is 5.66. The highest BCUT2D eigenvalue weighted by atomic mass is 16.5. The molecule has 2 aromatic rings. The number of nitrogens with zero attached hydrogens (tertiary/aromatic N) is 5. The minimum absolute atomic E-state index is 0.196. The molecule has 2 N–H and O–H groups in total. The van der Waals surface area contributed by atoms with E-state index in [-0.39, 0.29) is 6.04 Å². The first-order valence-electron chi connectivity index (χ1n) is 6.82. The van der Waals surface area contributed by atoms with Crippen molar-refractivity contribution >= 4 is 5.82 Å². The smallest absolute Gasteiger partial charge is 0.244 e. The minimum Gasteiger partial charge on any atom is -0.383 e. The molecule has 20 heavy (non-hydrogen) atoms. The van der Waals surface area contributed by atoms with Gasteiger partial charge in [0.15, 0.2) is 0 Å². The Morgan fingerprint density at radius 2 is 2.30 bits per heavy atom. The van der Waals surface area contributed by atoms with Crippen LogP contribution in [-0.4, -0.2) is 37.6 Å². The molecular weight excluding hydrogens is 256 g/mol. The van der Waals surface area contributed by atoms with E-state index >= 15 is 0 Å². The Balaban J connectivity index is 1.89. The predicted molar refractivity (Wildman–Crippen MR) is 73.6 cm³/mol. The fourth-order valence-corrected chi connectivity index (χ4v) is 2.66. The van der Waals surface area contributed by atoms with Crippen LogP contribution < -0.4 is 5.73 Å². The number of nitrogen functional groups attached to an aromatic ring is 1. The summed E-state index contributed by atoms with van der Waals surface area (Å²) in [5.74, 6) is 1.46. The van der Waals surface area contributed by atoms with Gasteiger partial charge < -0.3 is 10.3 Å². The number of anilines is 1. The second-order valence-corrected chi connectivity index (χ2v) is 5.27. The van der Waals surface area contributed by atoms with Gasteiger partial charge in [-0.1, -0.05) is 5.16 Å². The van der Waals surface area contributed by atoms with E-state index < -0.39 is 0 Å². The average molecular weight is 274 g/mol. The molecule has 7 heteroatoms. The van der Waals surface area contributed by atoms with Crippen molar-refractivity contribution < 1.29 is 4.52 Å². The van der Waals surface area contributed by atoms with Crippen LogP contribution in [0.3, 0.4) is 0 Å². The first kappa shape index (κ1) is 13.0. The molecule has 0 saturated carbocycles. The summed E-state index contributed by atoms with van der Waals surface area (Å²) in [6.07, 6.45) is 5.20. The number of likely N-dealkylation sites (tertiary alicyclic amines) is 1. The van der Waals surface area contributed by atoms with Gasteiger partial charge in [0.25, 0.3) is 0 Å². The number of rotatable bonds is 3. The summed E-state index contributed by atoms with van der Waals surface area (Å²) >= 11 is 0. The van der Waals surface area contributed by atoms with Gasteiger partial charge in [-0.3, -0.25) is 4.90 Å². The van der Waals surface area contributed by atoms with Crippen molar-refractivity contribution in [3.63, 3.8) is 0 Å². The molecule has 2 aromatic heterocycles. The lowest BCUT2D eigenvalue weighted by molar-refractivity contribution is 0.170. The Morgan fingerprint density at radius 3 is 3.05 bits per heavy atom.